The van der Waals surface area contributed by atoms with Crippen molar-refractivity contribution in [2.24, 2.45) is 5.92 Å². The quantitative estimate of drug-likeness (QED) is 0.388. The lowest BCUT2D eigenvalue weighted by molar-refractivity contribution is -0.146. The predicted molar refractivity (Wildman–Crippen MR) is 125 cm³/mol. The van der Waals surface area contributed by atoms with Gasteiger partial charge in [-0.25, -0.2) is 4.79 Å². The number of aryl methyl sites for hydroxylation is 1. The van der Waals surface area contributed by atoms with Crippen molar-refractivity contribution in [3.8, 4) is 0 Å². The fraction of sp³-hybridized carbons (Fsp3) is 0.360. The molecule has 32 heavy (non-hydrogen) atoms. The summed E-state index contributed by atoms with van der Waals surface area (Å²) in [5.74, 6) is -2.16. The Labute approximate surface area is 185 Å². The third-order valence-corrected chi connectivity index (χ3v) is 6.40. The highest BCUT2D eigenvalue weighted by Gasteiger charge is 2.29. The first kappa shape index (κ1) is 21.9. The van der Waals surface area contributed by atoms with E-state index >= 15 is 0 Å². The highest BCUT2D eigenvalue weighted by Crippen LogP contribution is 2.31. The Morgan fingerprint density at radius 3 is 2.53 bits per heavy atom. The number of aliphatic carboxylic acids is 1. The van der Waals surface area contributed by atoms with E-state index in [9.17, 15) is 19.8 Å². The lowest BCUT2D eigenvalue weighted by Gasteiger charge is -2.19. The number of fused-ring (bicyclic) bond motifs is 2. The number of para-hydroxylation sites is 2. The van der Waals surface area contributed by atoms with Crippen molar-refractivity contribution in [2.45, 2.75) is 52.3 Å². The summed E-state index contributed by atoms with van der Waals surface area (Å²) in [6, 6.07) is 13.2. The van der Waals surface area contributed by atoms with Gasteiger partial charge in [-0.05, 0) is 44.0 Å². The first-order valence-corrected chi connectivity index (χ1v) is 11.0. The molecule has 0 aliphatic carbocycles. The first-order chi connectivity index (χ1) is 15.3. The molecular formula is C25H29N3O4. The number of aliphatic hydroxyl groups excluding tert-OH is 1. The number of rotatable bonds is 8. The SMILES string of the molecule is CCCC(O)C(Cn1c(=O)n(C(C)c2c[nH]c3cccc(C)c23)c2ccccc21)C(=O)O. The molecule has 0 amide bonds. The minimum absolute atomic E-state index is 0.0809. The monoisotopic (exact) mass is 435 g/mol. The molecule has 0 fully saturated rings. The van der Waals surface area contributed by atoms with Crippen molar-refractivity contribution in [2.75, 3.05) is 0 Å². The third-order valence-electron chi connectivity index (χ3n) is 6.40. The zero-order valence-electron chi connectivity index (χ0n) is 18.6. The van der Waals surface area contributed by atoms with Gasteiger partial charge in [-0.2, -0.15) is 0 Å². The summed E-state index contributed by atoms with van der Waals surface area (Å²) < 4.78 is 3.21. The van der Waals surface area contributed by atoms with Crippen molar-refractivity contribution in [1.82, 2.24) is 14.1 Å². The van der Waals surface area contributed by atoms with Crippen LogP contribution in [0.25, 0.3) is 21.9 Å². The number of imidazole rings is 1. The summed E-state index contributed by atoms with van der Waals surface area (Å²) in [5.41, 5.74) is 4.26. The van der Waals surface area contributed by atoms with E-state index in [2.05, 4.69) is 4.98 Å². The lowest BCUT2D eigenvalue weighted by Crippen LogP contribution is -2.36. The van der Waals surface area contributed by atoms with Crippen LogP contribution in [0.5, 0.6) is 0 Å². The molecule has 2 aromatic heterocycles. The molecule has 0 saturated carbocycles. The molecule has 2 aromatic carbocycles. The van der Waals surface area contributed by atoms with Crippen LogP contribution in [0.4, 0.5) is 0 Å². The maximum atomic E-state index is 13.6. The third kappa shape index (κ3) is 3.62. The Bertz CT molecular complexity index is 1330. The van der Waals surface area contributed by atoms with Gasteiger partial charge >= 0.3 is 11.7 Å². The van der Waals surface area contributed by atoms with E-state index in [1.807, 2.05) is 69.4 Å². The summed E-state index contributed by atoms with van der Waals surface area (Å²) >= 11 is 0. The Hall–Kier alpha value is -3.32. The molecule has 3 atom stereocenters. The first-order valence-electron chi connectivity index (χ1n) is 11.0. The van der Waals surface area contributed by atoms with E-state index in [-0.39, 0.29) is 18.3 Å². The fourth-order valence-electron chi connectivity index (χ4n) is 4.71. The molecular weight excluding hydrogens is 406 g/mol. The smallest absolute Gasteiger partial charge is 0.329 e. The van der Waals surface area contributed by atoms with Gasteiger partial charge < -0.3 is 15.2 Å². The molecule has 4 rings (SSSR count). The number of hydrogen-bond donors (Lipinski definition) is 3. The van der Waals surface area contributed by atoms with Crippen molar-refractivity contribution < 1.29 is 15.0 Å². The number of carboxylic acids is 1. The predicted octanol–water partition coefficient (Wildman–Crippen LogP) is 4.06. The summed E-state index contributed by atoms with van der Waals surface area (Å²) in [6.07, 6.45) is 1.96. The molecule has 4 aromatic rings. The number of aliphatic hydroxyl groups is 1. The maximum absolute atomic E-state index is 13.6. The van der Waals surface area contributed by atoms with Gasteiger partial charge in [-0.15, -0.1) is 0 Å². The van der Waals surface area contributed by atoms with Gasteiger partial charge in [-0.3, -0.25) is 13.9 Å². The maximum Gasteiger partial charge on any atom is 0.329 e. The lowest BCUT2D eigenvalue weighted by atomic mass is 9.98. The molecule has 3 N–H and O–H groups in total. The van der Waals surface area contributed by atoms with E-state index in [0.29, 0.717) is 18.4 Å². The molecule has 7 heteroatoms. The number of benzene rings is 2. The molecule has 3 unspecified atom stereocenters. The largest absolute Gasteiger partial charge is 0.481 e. The molecule has 7 nitrogen and oxygen atoms in total. The number of carbonyl (C=O) groups is 1. The number of carboxylic acid groups (broad SMARTS) is 1. The molecule has 0 spiro atoms. The van der Waals surface area contributed by atoms with Crippen LogP contribution in [0.2, 0.25) is 0 Å². The van der Waals surface area contributed by atoms with Gasteiger partial charge in [0.1, 0.15) is 5.92 Å². The number of aromatic nitrogens is 3. The number of nitrogens with zero attached hydrogens (tertiary/aromatic N) is 2. The van der Waals surface area contributed by atoms with E-state index < -0.39 is 18.0 Å². The van der Waals surface area contributed by atoms with E-state index in [1.165, 1.54) is 4.57 Å². The van der Waals surface area contributed by atoms with Crippen molar-refractivity contribution >= 4 is 27.9 Å². The van der Waals surface area contributed by atoms with Crippen molar-refractivity contribution in [3.63, 3.8) is 0 Å². The van der Waals surface area contributed by atoms with E-state index in [0.717, 1.165) is 27.5 Å². The molecule has 2 heterocycles. The average molecular weight is 436 g/mol. The fourth-order valence-corrected chi connectivity index (χ4v) is 4.71. The Kier molecular flexibility index (Phi) is 5.93. The standard InChI is InChI=1S/C25H29N3O4/c1-4-8-22(29)18(24(30)31)14-27-20-11-5-6-12-21(20)28(25(27)32)16(3)17-13-26-19-10-7-9-15(2)23(17)19/h5-7,9-13,16,18,22,26,29H,4,8,14H2,1-3H3,(H,30,31). The molecule has 0 bridgehead atoms. The Morgan fingerprint density at radius 2 is 1.84 bits per heavy atom. The number of hydrogen-bond acceptors (Lipinski definition) is 3. The van der Waals surface area contributed by atoms with Crippen LogP contribution in [-0.4, -0.2) is 36.4 Å². The average Bonchev–Trinajstić information content (AvgIpc) is 3.31. The number of nitrogens with one attached hydrogen (secondary N) is 1. The van der Waals surface area contributed by atoms with Crippen LogP contribution < -0.4 is 5.69 Å². The number of aromatic amines is 1. The van der Waals surface area contributed by atoms with E-state index in [4.69, 9.17) is 0 Å². The molecule has 0 aliphatic heterocycles. The molecule has 0 aliphatic rings. The second-order valence-corrected chi connectivity index (χ2v) is 8.47. The van der Waals surface area contributed by atoms with Crippen molar-refractivity contribution in [3.05, 3.63) is 70.3 Å². The zero-order chi connectivity index (χ0) is 23.0. The summed E-state index contributed by atoms with van der Waals surface area (Å²) in [4.78, 5) is 28.8. The van der Waals surface area contributed by atoms with Crippen LogP contribution in [-0.2, 0) is 11.3 Å². The van der Waals surface area contributed by atoms with Crippen LogP contribution >= 0.6 is 0 Å². The van der Waals surface area contributed by atoms with Gasteiger partial charge in [0.2, 0.25) is 0 Å². The highest BCUT2D eigenvalue weighted by atomic mass is 16.4. The van der Waals surface area contributed by atoms with Gasteiger partial charge in [-0.1, -0.05) is 37.6 Å². The Balaban J connectivity index is 1.86. The van der Waals surface area contributed by atoms with Gasteiger partial charge in [0.05, 0.1) is 23.2 Å². The zero-order valence-corrected chi connectivity index (χ0v) is 18.6. The number of H-pyrrole nitrogens is 1. The van der Waals surface area contributed by atoms with Crippen LogP contribution in [0.15, 0.2) is 53.5 Å². The van der Waals surface area contributed by atoms with Crippen LogP contribution in [0, 0.1) is 12.8 Å². The van der Waals surface area contributed by atoms with Crippen LogP contribution in [0.3, 0.4) is 0 Å². The minimum Gasteiger partial charge on any atom is -0.481 e. The Morgan fingerprint density at radius 1 is 1.12 bits per heavy atom. The highest BCUT2D eigenvalue weighted by molar-refractivity contribution is 5.87. The second kappa shape index (κ2) is 8.67. The molecule has 0 saturated heterocycles. The van der Waals surface area contributed by atoms with Crippen molar-refractivity contribution in [1.29, 1.82) is 0 Å². The topological polar surface area (TPSA) is 100 Å². The summed E-state index contributed by atoms with van der Waals surface area (Å²) in [6.45, 7) is 5.84. The molecule has 168 valence electrons. The van der Waals surface area contributed by atoms with E-state index in [1.54, 1.807) is 4.57 Å². The van der Waals surface area contributed by atoms with Gasteiger partial charge in [0.25, 0.3) is 0 Å². The molecule has 0 radical (unpaired) electrons. The summed E-state index contributed by atoms with van der Waals surface area (Å²) in [7, 11) is 0. The normalized spacial score (nSPS) is 14.6. The minimum atomic E-state index is -1.10. The van der Waals surface area contributed by atoms with Crippen LogP contribution in [0.1, 0.15) is 43.9 Å². The second-order valence-electron chi connectivity index (χ2n) is 8.47. The van der Waals surface area contributed by atoms with Gasteiger partial charge in [0, 0.05) is 29.2 Å². The summed E-state index contributed by atoms with van der Waals surface area (Å²) in [5, 5.41) is 21.2. The van der Waals surface area contributed by atoms with Gasteiger partial charge in [0.15, 0.2) is 0 Å².